The van der Waals surface area contributed by atoms with Gasteiger partial charge in [0.1, 0.15) is 0 Å². The van der Waals surface area contributed by atoms with Gasteiger partial charge in [-0.25, -0.2) is 0 Å². The first-order chi connectivity index (χ1) is 3.13. The molecule has 0 aliphatic heterocycles. The zero-order chi connectivity index (χ0) is 5.86. The van der Waals surface area contributed by atoms with Crippen molar-refractivity contribution in [2.45, 2.75) is 0 Å². The summed E-state index contributed by atoms with van der Waals surface area (Å²) >= 11 is 20.7. The topological polar surface area (TPSA) is 9.23 Å². The molecule has 0 amide bonds. The van der Waals surface area contributed by atoms with E-state index in [1.807, 2.05) is 0 Å². The molecule has 0 aromatic carbocycles. The van der Waals surface area contributed by atoms with Crippen LogP contribution in [0.1, 0.15) is 0 Å². The minimum atomic E-state index is -1.71. The van der Waals surface area contributed by atoms with E-state index in [1.54, 1.807) is 0 Å². The third-order valence-corrected chi connectivity index (χ3v) is 4.17. The van der Waals surface area contributed by atoms with Gasteiger partial charge in [-0.1, -0.05) is 0 Å². The van der Waals surface area contributed by atoms with Crippen LogP contribution in [-0.4, -0.2) is 15.3 Å². The molecule has 0 N–H and O–H groups in total. The Bertz CT molecular complexity index is 39.0. The van der Waals surface area contributed by atoms with Crippen LogP contribution in [0.2, 0.25) is 0 Å². The van der Waals surface area contributed by atoms with Crippen LogP contribution in [0.15, 0.2) is 0 Å². The molecular weight excluding hydrogens is 214 g/mol. The smallest absolute Gasteiger partial charge is 0.409 e. The van der Waals surface area contributed by atoms with Gasteiger partial charge in [0, 0.05) is 0 Å². The van der Waals surface area contributed by atoms with E-state index in [2.05, 4.69) is 4.12 Å². The fourth-order valence-corrected chi connectivity index (χ4v) is 4.72. The first-order valence-corrected chi connectivity index (χ1v) is 8.03. The van der Waals surface area contributed by atoms with Gasteiger partial charge in [0.25, 0.3) is 0 Å². The molecule has 0 saturated carbocycles. The highest BCUT2D eigenvalue weighted by atomic mass is 35.7. The van der Waals surface area contributed by atoms with Gasteiger partial charge >= 0.3 is 15.3 Å². The van der Waals surface area contributed by atoms with Gasteiger partial charge in [0.15, 0.2) is 0 Å². The first-order valence-electron chi connectivity index (χ1n) is 1.16. The molecule has 0 heterocycles. The van der Waals surface area contributed by atoms with E-state index in [1.165, 1.54) is 0 Å². The first kappa shape index (κ1) is 8.55. The maximum Gasteiger partial charge on any atom is 0.429 e. The predicted molar refractivity (Wildman–Crippen MR) is 36.0 cm³/mol. The second-order valence-corrected chi connectivity index (χ2v) is 7.55. The maximum atomic E-state index is 5.17. The molecule has 0 fully saturated rings. The lowest BCUT2D eigenvalue weighted by molar-refractivity contribution is 0.661. The van der Waals surface area contributed by atoms with Crippen molar-refractivity contribution in [3.8, 4) is 0 Å². The number of hydrogen-bond donors (Lipinski definition) is 0. The van der Waals surface area contributed by atoms with Crippen molar-refractivity contribution in [1.82, 2.24) is 0 Å². The summed E-state index contributed by atoms with van der Waals surface area (Å²) in [5.41, 5.74) is 0. The standard InChI is InChI=1S/Cl4OSi2/c1-6(2)5-7(3)4. The molecule has 7 heavy (non-hydrogen) atoms. The second kappa shape index (κ2) is 4.43. The largest absolute Gasteiger partial charge is 0.429 e. The Balaban J connectivity index is 2.95. The van der Waals surface area contributed by atoms with Gasteiger partial charge in [-0.3, -0.25) is 0 Å². The lowest BCUT2D eigenvalue weighted by atomic mass is 15.8. The summed E-state index contributed by atoms with van der Waals surface area (Å²) in [6, 6.07) is 0. The zero-order valence-electron chi connectivity index (χ0n) is 2.92. The van der Waals surface area contributed by atoms with Crippen molar-refractivity contribution in [3.63, 3.8) is 0 Å². The van der Waals surface area contributed by atoms with Crippen LogP contribution < -0.4 is 0 Å². The minimum Gasteiger partial charge on any atom is -0.409 e. The highest BCUT2D eigenvalue weighted by molar-refractivity contribution is 7.38. The number of hydrogen-bond acceptors (Lipinski definition) is 1. The van der Waals surface area contributed by atoms with Crippen LogP contribution in [0, 0.1) is 0 Å². The van der Waals surface area contributed by atoms with Crippen LogP contribution in [0.5, 0.6) is 0 Å². The van der Waals surface area contributed by atoms with Crippen LogP contribution in [0.4, 0.5) is 0 Å². The Labute approximate surface area is 63.7 Å². The molecule has 0 aromatic rings. The third-order valence-electron chi connectivity index (χ3n) is 0.154. The summed E-state index contributed by atoms with van der Waals surface area (Å²) in [5, 5.41) is 0. The van der Waals surface area contributed by atoms with Gasteiger partial charge in [-0.2, -0.15) is 0 Å². The Hall–Kier alpha value is 1.55. The maximum absolute atomic E-state index is 5.17. The molecule has 0 aliphatic carbocycles. The lowest BCUT2D eigenvalue weighted by Crippen LogP contribution is -2.09. The molecule has 0 rings (SSSR count). The SMILES string of the molecule is Cl[Si](Cl)O[Si](Cl)Cl. The number of rotatable bonds is 2. The van der Waals surface area contributed by atoms with E-state index in [0.29, 0.717) is 0 Å². The lowest BCUT2D eigenvalue weighted by Gasteiger charge is -1.95. The zero-order valence-corrected chi connectivity index (χ0v) is 7.94. The molecule has 0 atom stereocenters. The summed E-state index contributed by atoms with van der Waals surface area (Å²) in [5.74, 6) is 0. The van der Waals surface area contributed by atoms with E-state index in [4.69, 9.17) is 44.3 Å². The molecule has 0 unspecified atom stereocenters. The highest BCUT2D eigenvalue weighted by Crippen LogP contribution is 2.05. The highest BCUT2D eigenvalue weighted by Gasteiger charge is 2.12. The molecule has 1 nitrogen and oxygen atoms in total. The van der Waals surface area contributed by atoms with Crippen molar-refractivity contribution in [1.29, 1.82) is 0 Å². The van der Waals surface area contributed by atoms with Gasteiger partial charge in [0.05, 0.1) is 0 Å². The minimum absolute atomic E-state index is 1.71. The van der Waals surface area contributed by atoms with Crippen molar-refractivity contribution in [2.75, 3.05) is 0 Å². The van der Waals surface area contributed by atoms with Crippen molar-refractivity contribution in [3.05, 3.63) is 0 Å². The molecule has 0 bridgehead atoms. The third kappa shape index (κ3) is 7.55. The van der Waals surface area contributed by atoms with Crippen LogP contribution in [-0.2, 0) is 4.12 Å². The predicted octanol–water partition coefficient (Wildman–Crippen LogP) is 1.93. The molecule has 0 saturated heterocycles. The quantitative estimate of drug-likeness (QED) is 0.504. The molecule has 0 aliphatic rings. The van der Waals surface area contributed by atoms with Crippen LogP contribution >= 0.6 is 44.3 Å². The molecule has 7 heteroatoms. The van der Waals surface area contributed by atoms with Crippen molar-refractivity contribution < 1.29 is 4.12 Å². The Kier molecular flexibility index (Phi) is 5.42. The molecule has 0 spiro atoms. The van der Waals surface area contributed by atoms with Gasteiger partial charge < -0.3 is 4.12 Å². The van der Waals surface area contributed by atoms with Gasteiger partial charge in [-0.15, -0.1) is 44.3 Å². The summed E-state index contributed by atoms with van der Waals surface area (Å²) in [6.07, 6.45) is 0. The van der Waals surface area contributed by atoms with E-state index in [-0.39, 0.29) is 0 Å². The summed E-state index contributed by atoms with van der Waals surface area (Å²) in [4.78, 5) is 0. The van der Waals surface area contributed by atoms with Gasteiger partial charge in [-0.05, 0) is 0 Å². The Morgan fingerprint density at radius 1 is 0.857 bits per heavy atom. The fourth-order valence-electron chi connectivity index (χ4n) is 0.0583. The summed E-state index contributed by atoms with van der Waals surface area (Å²) in [6.45, 7) is 0. The number of halogens is 4. The monoisotopic (exact) mass is 212 g/mol. The molecule has 42 valence electrons. The van der Waals surface area contributed by atoms with Gasteiger partial charge in [0.2, 0.25) is 0 Å². The molecule has 2 radical (unpaired) electrons. The van der Waals surface area contributed by atoms with E-state index < -0.39 is 15.3 Å². The van der Waals surface area contributed by atoms with E-state index in [0.717, 1.165) is 0 Å². The fraction of sp³-hybridized carbons (Fsp3) is 0. The Morgan fingerprint density at radius 3 is 1.14 bits per heavy atom. The van der Waals surface area contributed by atoms with Crippen LogP contribution in [0.25, 0.3) is 0 Å². The molecule has 0 aromatic heterocycles. The van der Waals surface area contributed by atoms with Crippen molar-refractivity contribution in [2.24, 2.45) is 0 Å². The second-order valence-electron chi connectivity index (χ2n) is 0.554. The van der Waals surface area contributed by atoms with Crippen LogP contribution in [0.3, 0.4) is 0 Å². The van der Waals surface area contributed by atoms with E-state index in [9.17, 15) is 0 Å². The Morgan fingerprint density at radius 2 is 1.14 bits per heavy atom. The summed E-state index contributed by atoms with van der Waals surface area (Å²) < 4.78 is 4.52. The van der Waals surface area contributed by atoms with E-state index >= 15 is 0 Å². The summed E-state index contributed by atoms with van der Waals surface area (Å²) in [7, 11) is -3.42. The average molecular weight is 214 g/mol. The average Bonchev–Trinajstić information content (AvgIpc) is 1.27. The van der Waals surface area contributed by atoms with Crippen molar-refractivity contribution >= 4 is 59.6 Å². The normalized spacial score (nSPS) is 11.1. The molecular formula is Cl4OSi2.